The fourth-order valence-electron chi connectivity index (χ4n) is 3.03. The summed E-state index contributed by atoms with van der Waals surface area (Å²) in [7, 11) is 0. The van der Waals surface area contributed by atoms with Gasteiger partial charge in [0, 0.05) is 6.04 Å². The maximum absolute atomic E-state index is 9.46. The van der Waals surface area contributed by atoms with Gasteiger partial charge in [0.25, 0.3) is 0 Å². The van der Waals surface area contributed by atoms with Crippen LogP contribution in [-0.4, -0.2) is 11.7 Å². The van der Waals surface area contributed by atoms with E-state index in [1.165, 1.54) is 24.0 Å². The largest absolute Gasteiger partial charge is 0.508 e. The molecular weight excluding hydrogens is 210 g/mol. The first-order chi connectivity index (χ1) is 8.06. The predicted molar refractivity (Wildman–Crippen MR) is 69.1 cm³/mol. The second-order valence-corrected chi connectivity index (χ2v) is 6.27. The van der Waals surface area contributed by atoms with E-state index in [1.54, 1.807) is 6.07 Å². The molecule has 2 nitrogen and oxygen atoms in total. The number of rotatable bonds is 3. The molecule has 0 spiro atoms. The number of hydrogen-bond donors (Lipinski definition) is 2. The predicted octanol–water partition coefficient (Wildman–Crippen LogP) is 3.02. The van der Waals surface area contributed by atoms with E-state index in [1.807, 2.05) is 6.07 Å². The number of phenols is 1. The topological polar surface area (TPSA) is 32.3 Å². The van der Waals surface area contributed by atoms with Gasteiger partial charge in [0.2, 0.25) is 0 Å². The van der Waals surface area contributed by atoms with Gasteiger partial charge >= 0.3 is 0 Å². The van der Waals surface area contributed by atoms with E-state index in [0.29, 0.717) is 17.2 Å². The summed E-state index contributed by atoms with van der Waals surface area (Å²) in [5.74, 6) is 1.25. The van der Waals surface area contributed by atoms with Crippen molar-refractivity contribution in [3.8, 4) is 5.75 Å². The van der Waals surface area contributed by atoms with Gasteiger partial charge < -0.3 is 10.4 Å². The molecule has 0 aliphatic heterocycles. The molecule has 1 aromatic rings. The fraction of sp³-hybridized carbons (Fsp3) is 0.600. The first-order valence-corrected chi connectivity index (χ1v) is 6.61. The van der Waals surface area contributed by atoms with Crippen molar-refractivity contribution < 1.29 is 5.11 Å². The minimum absolute atomic E-state index is 0.396. The van der Waals surface area contributed by atoms with Crippen LogP contribution in [0.15, 0.2) is 18.2 Å². The molecule has 1 aromatic carbocycles. The van der Waals surface area contributed by atoms with Crippen molar-refractivity contribution in [3.05, 3.63) is 29.3 Å². The first-order valence-electron chi connectivity index (χ1n) is 6.61. The molecule has 2 N–H and O–H groups in total. The SMILES string of the molecule is CC1(C)CC1CNC1CCc2cc(O)ccc21. The summed E-state index contributed by atoms with van der Waals surface area (Å²) in [6, 6.07) is 6.30. The first kappa shape index (κ1) is 11.1. The Labute approximate surface area is 103 Å². The quantitative estimate of drug-likeness (QED) is 0.838. The Bertz CT molecular complexity index is 439. The van der Waals surface area contributed by atoms with E-state index >= 15 is 0 Å². The normalized spacial score (nSPS) is 29.1. The molecule has 1 fully saturated rings. The van der Waals surface area contributed by atoms with Gasteiger partial charge in [-0.3, -0.25) is 0 Å². The van der Waals surface area contributed by atoms with Crippen molar-refractivity contribution in [2.45, 2.75) is 39.2 Å². The molecule has 2 aliphatic carbocycles. The van der Waals surface area contributed by atoms with Gasteiger partial charge in [-0.2, -0.15) is 0 Å². The monoisotopic (exact) mass is 231 g/mol. The van der Waals surface area contributed by atoms with Crippen LogP contribution in [-0.2, 0) is 6.42 Å². The second kappa shape index (κ2) is 3.74. The molecule has 0 aromatic heterocycles. The van der Waals surface area contributed by atoms with Crippen LogP contribution in [0.3, 0.4) is 0 Å². The third-order valence-electron chi connectivity index (χ3n) is 4.53. The minimum Gasteiger partial charge on any atom is -0.508 e. The molecule has 2 heteroatoms. The van der Waals surface area contributed by atoms with Gasteiger partial charge in [-0.25, -0.2) is 0 Å². The zero-order valence-electron chi connectivity index (χ0n) is 10.7. The van der Waals surface area contributed by atoms with Gasteiger partial charge in [0.1, 0.15) is 5.75 Å². The molecule has 0 bridgehead atoms. The molecule has 17 heavy (non-hydrogen) atoms. The Morgan fingerprint density at radius 2 is 2.18 bits per heavy atom. The van der Waals surface area contributed by atoms with Crippen molar-refractivity contribution in [3.63, 3.8) is 0 Å². The summed E-state index contributed by atoms with van der Waals surface area (Å²) in [4.78, 5) is 0. The van der Waals surface area contributed by atoms with Crippen LogP contribution >= 0.6 is 0 Å². The Morgan fingerprint density at radius 3 is 2.88 bits per heavy atom. The zero-order chi connectivity index (χ0) is 12.0. The van der Waals surface area contributed by atoms with Crippen molar-refractivity contribution >= 4 is 0 Å². The Balaban J connectivity index is 1.64. The number of phenolic OH excluding ortho intramolecular Hbond substituents is 1. The van der Waals surface area contributed by atoms with Gasteiger partial charge in [-0.1, -0.05) is 19.9 Å². The maximum atomic E-state index is 9.46. The lowest BCUT2D eigenvalue weighted by Gasteiger charge is -2.14. The van der Waals surface area contributed by atoms with Gasteiger partial charge in [0.05, 0.1) is 0 Å². The van der Waals surface area contributed by atoms with Gasteiger partial charge in [-0.05, 0) is 60.4 Å². The molecule has 0 amide bonds. The lowest BCUT2D eigenvalue weighted by molar-refractivity contribution is 0.466. The molecule has 2 unspecified atom stereocenters. The van der Waals surface area contributed by atoms with E-state index in [4.69, 9.17) is 0 Å². The lowest BCUT2D eigenvalue weighted by Crippen LogP contribution is -2.22. The Hall–Kier alpha value is -1.02. The molecule has 3 rings (SSSR count). The third kappa shape index (κ3) is 2.06. The lowest BCUT2D eigenvalue weighted by atomic mass is 10.1. The highest BCUT2D eigenvalue weighted by atomic mass is 16.3. The van der Waals surface area contributed by atoms with Crippen LogP contribution in [0, 0.1) is 11.3 Å². The number of hydrogen-bond acceptors (Lipinski definition) is 2. The summed E-state index contributed by atoms with van der Waals surface area (Å²) in [6.07, 6.45) is 3.62. The number of fused-ring (bicyclic) bond motifs is 1. The summed E-state index contributed by atoms with van der Waals surface area (Å²) in [5, 5.41) is 13.2. The summed E-state index contributed by atoms with van der Waals surface area (Å²) < 4.78 is 0. The van der Waals surface area contributed by atoms with E-state index in [9.17, 15) is 5.11 Å². The standard InChI is InChI=1S/C15H21NO/c1-15(2)8-11(15)9-16-14-6-3-10-7-12(17)4-5-13(10)14/h4-5,7,11,14,16-17H,3,6,8-9H2,1-2H3. The summed E-state index contributed by atoms with van der Waals surface area (Å²) in [5.41, 5.74) is 3.27. The number of nitrogens with one attached hydrogen (secondary N) is 1. The molecule has 1 saturated carbocycles. The summed E-state index contributed by atoms with van der Waals surface area (Å²) >= 11 is 0. The van der Waals surface area contributed by atoms with E-state index in [2.05, 4.69) is 25.2 Å². The molecule has 92 valence electrons. The Morgan fingerprint density at radius 1 is 1.41 bits per heavy atom. The fourth-order valence-corrected chi connectivity index (χ4v) is 3.03. The van der Waals surface area contributed by atoms with Crippen LogP contribution in [0.4, 0.5) is 0 Å². The van der Waals surface area contributed by atoms with Gasteiger partial charge in [0.15, 0.2) is 0 Å². The van der Waals surface area contributed by atoms with E-state index in [-0.39, 0.29) is 0 Å². The van der Waals surface area contributed by atoms with Crippen molar-refractivity contribution in [1.82, 2.24) is 5.32 Å². The number of aryl methyl sites for hydroxylation is 1. The van der Waals surface area contributed by atoms with Crippen molar-refractivity contribution in [2.75, 3.05) is 6.54 Å². The van der Waals surface area contributed by atoms with Crippen LogP contribution in [0.2, 0.25) is 0 Å². The summed E-state index contributed by atoms with van der Waals surface area (Å²) in [6.45, 7) is 5.83. The zero-order valence-corrected chi connectivity index (χ0v) is 10.7. The highest BCUT2D eigenvalue weighted by Gasteiger charge is 2.45. The molecule has 2 aliphatic rings. The average molecular weight is 231 g/mol. The van der Waals surface area contributed by atoms with Crippen molar-refractivity contribution in [2.24, 2.45) is 11.3 Å². The highest BCUT2D eigenvalue weighted by Crippen LogP contribution is 2.51. The molecule has 0 saturated heterocycles. The maximum Gasteiger partial charge on any atom is 0.115 e. The minimum atomic E-state index is 0.396. The van der Waals surface area contributed by atoms with Crippen LogP contribution in [0.5, 0.6) is 5.75 Å². The van der Waals surface area contributed by atoms with Crippen molar-refractivity contribution in [1.29, 1.82) is 0 Å². The third-order valence-corrected chi connectivity index (χ3v) is 4.53. The van der Waals surface area contributed by atoms with E-state index in [0.717, 1.165) is 18.9 Å². The molecule has 0 heterocycles. The van der Waals surface area contributed by atoms with Gasteiger partial charge in [-0.15, -0.1) is 0 Å². The Kier molecular flexibility index (Phi) is 2.44. The molecular formula is C15H21NO. The second-order valence-electron chi connectivity index (χ2n) is 6.27. The highest BCUT2D eigenvalue weighted by molar-refractivity contribution is 5.40. The van der Waals surface area contributed by atoms with Crippen LogP contribution in [0.25, 0.3) is 0 Å². The van der Waals surface area contributed by atoms with Crippen LogP contribution < -0.4 is 5.32 Å². The van der Waals surface area contributed by atoms with E-state index < -0.39 is 0 Å². The smallest absolute Gasteiger partial charge is 0.115 e. The number of benzene rings is 1. The molecule has 2 atom stereocenters. The number of aromatic hydroxyl groups is 1. The average Bonchev–Trinajstić information content (AvgIpc) is 2.71. The molecule has 0 radical (unpaired) electrons. The van der Waals surface area contributed by atoms with Crippen LogP contribution in [0.1, 0.15) is 43.9 Å².